The molecule has 1 aromatic heterocycles. The number of ether oxygens (including phenoxy) is 3. The Morgan fingerprint density at radius 3 is 2.43 bits per heavy atom. The Balaban J connectivity index is 2.17. The second-order valence-corrected chi connectivity index (χ2v) is 7.06. The highest BCUT2D eigenvalue weighted by Crippen LogP contribution is 2.40. The van der Waals surface area contributed by atoms with E-state index in [-0.39, 0.29) is 5.91 Å². The summed E-state index contributed by atoms with van der Waals surface area (Å²) in [4.78, 5) is 13.7. The number of hydrogen-bond acceptors (Lipinski definition) is 5. The first-order chi connectivity index (χ1) is 14.4. The normalized spacial score (nSPS) is 11.5. The van der Waals surface area contributed by atoms with Gasteiger partial charge in [0.05, 0.1) is 27.1 Å². The van der Waals surface area contributed by atoms with Crippen LogP contribution in [0, 0.1) is 0 Å². The second-order valence-electron chi connectivity index (χ2n) is 7.06. The summed E-state index contributed by atoms with van der Waals surface area (Å²) in [6.07, 6.45) is 3.33. The highest BCUT2D eigenvalue weighted by Gasteiger charge is 2.16. The quantitative estimate of drug-likeness (QED) is 0.514. The van der Waals surface area contributed by atoms with Crippen LogP contribution in [0.25, 0.3) is 27.7 Å². The van der Waals surface area contributed by atoms with E-state index in [1.807, 2.05) is 44.2 Å². The van der Waals surface area contributed by atoms with Crippen molar-refractivity contribution in [2.45, 2.75) is 13.8 Å². The van der Waals surface area contributed by atoms with Crippen LogP contribution in [-0.4, -0.2) is 45.7 Å². The van der Waals surface area contributed by atoms with Crippen molar-refractivity contribution >= 4 is 22.4 Å². The van der Waals surface area contributed by atoms with Crippen molar-refractivity contribution in [2.24, 2.45) is 0 Å². The molecule has 0 aliphatic rings. The van der Waals surface area contributed by atoms with Crippen LogP contribution < -0.4 is 14.2 Å². The van der Waals surface area contributed by atoms with Crippen molar-refractivity contribution < 1.29 is 23.4 Å². The van der Waals surface area contributed by atoms with Crippen molar-refractivity contribution in [1.82, 2.24) is 4.90 Å². The summed E-state index contributed by atoms with van der Waals surface area (Å²) >= 11 is 0. The molecule has 0 atom stereocenters. The zero-order valence-electron chi connectivity index (χ0n) is 18.2. The van der Waals surface area contributed by atoms with Gasteiger partial charge in [0.2, 0.25) is 5.91 Å². The standard InChI is InChI=1S/C24H27NO5/c1-7-29-21-13-22-18(12-17(21)15(2)10-24(26)25(3)4)19(14-30-22)16-8-9-20(27-5)23(11-16)28-6/h8-14H,7H2,1-6H3/b15-10+. The van der Waals surface area contributed by atoms with Gasteiger partial charge in [-0.25, -0.2) is 0 Å². The molecule has 0 aliphatic heterocycles. The van der Waals surface area contributed by atoms with Gasteiger partial charge in [-0.1, -0.05) is 6.07 Å². The molecular formula is C24H27NO5. The summed E-state index contributed by atoms with van der Waals surface area (Å²) < 4.78 is 22.4. The Morgan fingerprint density at radius 2 is 1.80 bits per heavy atom. The topological polar surface area (TPSA) is 61.1 Å². The van der Waals surface area contributed by atoms with Crippen LogP contribution in [0.1, 0.15) is 19.4 Å². The van der Waals surface area contributed by atoms with Gasteiger partial charge in [0, 0.05) is 42.8 Å². The maximum atomic E-state index is 12.2. The molecule has 0 saturated heterocycles. The fraction of sp³-hybridized carbons (Fsp3) is 0.292. The van der Waals surface area contributed by atoms with Crippen LogP contribution in [0.15, 0.2) is 47.1 Å². The molecule has 0 unspecified atom stereocenters. The van der Waals surface area contributed by atoms with Crippen molar-refractivity contribution in [3.05, 3.63) is 48.2 Å². The summed E-state index contributed by atoms with van der Waals surface area (Å²) in [6, 6.07) is 9.61. The number of fused-ring (bicyclic) bond motifs is 1. The average Bonchev–Trinajstić information content (AvgIpc) is 3.15. The van der Waals surface area contributed by atoms with Crippen molar-refractivity contribution in [1.29, 1.82) is 0 Å². The Morgan fingerprint density at radius 1 is 1.07 bits per heavy atom. The minimum atomic E-state index is -0.0812. The molecular weight excluding hydrogens is 382 g/mol. The monoisotopic (exact) mass is 409 g/mol. The number of carbonyl (C=O) groups excluding carboxylic acids is 1. The van der Waals surface area contributed by atoms with Crippen molar-refractivity contribution in [3.63, 3.8) is 0 Å². The molecule has 0 radical (unpaired) electrons. The SMILES string of the molecule is CCOc1cc2occ(-c3ccc(OC)c(OC)c3)c2cc1/C(C)=C/C(=O)N(C)C. The van der Waals surface area contributed by atoms with Gasteiger partial charge in [0.15, 0.2) is 11.5 Å². The molecule has 30 heavy (non-hydrogen) atoms. The van der Waals surface area contributed by atoms with Crippen LogP contribution >= 0.6 is 0 Å². The molecule has 0 aliphatic carbocycles. The number of carbonyl (C=O) groups is 1. The van der Waals surface area contributed by atoms with Crippen LogP contribution in [-0.2, 0) is 4.79 Å². The Kier molecular flexibility index (Phi) is 6.35. The first-order valence-electron chi connectivity index (χ1n) is 9.70. The number of amides is 1. The number of allylic oxidation sites excluding steroid dienone is 1. The van der Waals surface area contributed by atoms with E-state index in [9.17, 15) is 4.79 Å². The first-order valence-corrected chi connectivity index (χ1v) is 9.70. The molecule has 0 bridgehead atoms. The van der Waals surface area contributed by atoms with E-state index in [0.717, 1.165) is 27.6 Å². The van der Waals surface area contributed by atoms with Crippen LogP contribution in [0.4, 0.5) is 0 Å². The second kappa shape index (κ2) is 8.95. The summed E-state index contributed by atoms with van der Waals surface area (Å²) in [6.45, 7) is 4.34. The largest absolute Gasteiger partial charge is 0.493 e. The van der Waals surface area contributed by atoms with Crippen LogP contribution in [0.5, 0.6) is 17.2 Å². The Labute approximate surface area is 176 Å². The van der Waals surface area contributed by atoms with E-state index >= 15 is 0 Å². The Hall–Kier alpha value is -3.41. The van der Waals surface area contributed by atoms with Gasteiger partial charge < -0.3 is 23.5 Å². The van der Waals surface area contributed by atoms with Gasteiger partial charge in [-0.3, -0.25) is 4.79 Å². The first kappa shape index (κ1) is 21.3. The predicted molar refractivity (Wildman–Crippen MR) is 118 cm³/mol. The van der Waals surface area contributed by atoms with E-state index in [4.69, 9.17) is 18.6 Å². The van der Waals surface area contributed by atoms with E-state index < -0.39 is 0 Å². The molecule has 0 saturated carbocycles. The maximum Gasteiger partial charge on any atom is 0.246 e. The minimum absolute atomic E-state index is 0.0812. The zero-order valence-corrected chi connectivity index (χ0v) is 18.2. The highest BCUT2D eigenvalue weighted by atomic mass is 16.5. The molecule has 3 aromatic rings. The van der Waals surface area contributed by atoms with Gasteiger partial charge in [-0.2, -0.15) is 0 Å². The lowest BCUT2D eigenvalue weighted by molar-refractivity contribution is -0.123. The zero-order chi connectivity index (χ0) is 21.8. The van der Waals surface area contributed by atoms with Crippen molar-refractivity contribution in [2.75, 3.05) is 34.9 Å². The lowest BCUT2D eigenvalue weighted by atomic mass is 9.99. The molecule has 1 heterocycles. The lowest BCUT2D eigenvalue weighted by Crippen LogP contribution is -2.19. The number of hydrogen-bond donors (Lipinski definition) is 0. The van der Waals surface area contributed by atoms with Gasteiger partial charge in [-0.15, -0.1) is 0 Å². The number of likely N-dealkylation sites (N-methyl/N-ethyl adjacent to an activating group) is 1. The van der Waals surface area contributed by atoms with E-state index in [1.54, 1.807) is 40.7 Å². The third-order valence-corrected chi connectivity index (χ3v) is 4.88. The molecule has 3 rings (SSSR count). The summed E-state index contributed by atoms with van der Waals surface area (Å²) in [5, 5.41) is 0.922. The van der Waals surface area contributed by atoms with Gasteiger partial charge >= 0.3 is 0 Å². The third kappa shape index (κ3) is 4.13. The van der Waals surface area contributed by atoms with E-state index in [1.165, 1.54) is 4.90 Å². The molecule has 0 fully saturated rings. The number of methoxy groups -OCH3 is 2. The highest BCUT2D eigenvalue weighted by molar-refractivity contribution is 6.00. The van der Waals surface area contributed by atoms with E-state index in [2.05, 4.69) is 0 Å². The molecule has 6 nitrogen and oxygen atoms in total. The number of furan rings is 1. The van der Waals surface area contributed by atoms with Gasteiger partial charge in [-0.05, 0) is 43.2 Å². The summed E-state index contributed by atoms with van der Waals surface area (Å²) in [7, 11) is 6.67. The van der Waals surface area contributed by atoms with Gasteiger partial charge in [0.25, 0.3) is 0 Å². The summed E-state index contributed by atoms with van der Waals surface area (Å²) in [5.74, 6) is 1.90. The number of benzene rings is 2. The number of rotatable bonds is 7. The van der Waals surface area contributed by atoms with E-state index in [0.29, 0.717) is 29.4 Å². The Bertz CT molecular complexity index is 1090. The molecule has 0 spiro atoms. The summed E-state index contributed by atoms with van der Waals surface area (Å²) in [5.41, 5.74) is 4.23. The predicted octanol–water partition coefficient (Wildman–Crippen LogP) is 5.01. The third-order valence-electron chi connectivity index (χ3n) is 4.88. The van der Waals surface area contributed by atoms with Crippen LogP contribution in [0.2, 0.25) is 0 Å². The minimum Gasteiger partial charge on any atom is -0.493 e. The molecule has 158 valence electrons. The number of nitrogens with zero attached hydrogens (tertiary/aromatic N) is 1. The smallest absolute Gasteiger partial charge is 0.246 e. The van der Waals surface area contributed by atoms with Crippen LogP contribution in [0.3, 0.4) is 0 Å². The molecule has 6 heteroatoms. The molecule has 1 amide bonds. The fourth-order valence-corrected chi connectivity index (χ4v) is 3.26. The fourth-order valence-electron chi connectivity index (χ4n) is 3.26. The average molecular weight is 409 g/mol. The molecule has 2 aromatic carbocycles. The van der Waals surface area contributed by atoms with Gasteiger partial charge in [0.1, 0.15) is 11.3 Å². The lowest BCUT2D eigenvalue weighted by Gasteiger charge is -2.13. The molecule has 0 N–H and O–H groups in total. The maximum absolute atomic E-state index is 12.2. The van der Waals surface area contributed by atoms with Crippen molar-refractivity contribution in [3.8, 4) is 28.4 Å².